The minimum absolute atomic E-state index is 0.0542. The summed E-state index contributed by atoms with van der Waals surface area (Å²) in [5, 5.41) is 3.29. The first-order chi connectivity index (χ1) is 9.09. The van der Waals surface area contributed by atoms with Crippen LogP contribution in [0.2, 0.25) is 0 Å². The van der Waals surface area contributed by atoms with Crippen LogP contribution >= 0.6 is 31.9 Å². The molecule has 0 aliphatic heterocycles. The third kappa shape index (κ3) is 3.45. The summed E-state index contributed by atoms with van der Waals surface area (Å²) in [4.78, 5) is 16.1. The topological polar surface area (TPSA) is 46.9 Å². The predicted molar refractivity (Wildman–Crippen MR) is 83.6 cm³/mol. The molecule has 0 amide bonds. The second kappa shape index (κ2) is 6.34. The van der Waals surface area contributed by atoms with Gasteiger partial charge in [-0.05, 0) is 50.9 Å². The number of nitrogens with one attached hydrogen (secondary N) is 1. The number of hydrogen-bond acceptors (Lipinski definition) is 3. The van der Waals surface area contributed by atoms with Crippen molar-refractivity contribution in [3.8, 4) is 0 Å². The number of para-hydroxylation sites is 1. The first kappa shape index (κ1) is 14.3. The molecule has 0 radical (unpaired) electrons. The van der Waals surface area contributed by atoms with Crippen molar-refractivity contribution in [2.45, 2.75) is 13.5 Å². The van der Waals surface area contributed by atoms with Crippen molar-refractivity contribution in [1.82, 2.24) is 9.55 Å². The Morgan fingerprint density at radius 3 is 2.74 bits per heavy atom. The predicted octanol–water partition coefficient (Wildman–Crippen LogP) is 3.19. The molecule has 0 aliphatic carbocycles. The van der Waals surface area contributed by atoms with Crippen molar-refractivity contribution in [3.63, 3.8) is 0 Å². The molecule has 0 bridgehead atoms. The van der Waals surface area contributed by atoms with E-state index in [4.69, 9.17) is 0 Å². The Labute approximate surface area is 128 Å². The number of aryl methyl sites for hydroxylation is 1. The van der Waals surface area contributed by atoms with E-state index in [2.05, 4.69) is 42.2 Å². The van der Waals surface area contributed by atoms with E-state index in [-0.39, 0.29) is 5.56 Å². The van der Waals surface area contributed by atoms with Crippen LogP contribution in [0.25, 0.3) is 0 Å². The van der Waals surface area contributed by atoms with Crippen LogP contribution in [0.5, 0.6) is 0 Å². The molecular formula is C13H13Br2N3O. The van der Waals surface area contributed by atoms with Gasteiger partial charge in [-0.2, -0.15) is 0 Å². The average Bonchev–Trinajstić information content (AvgIpc) is 2.40. The molecule has 0 atom stereocenters. The van der Waals surface area contributed by atoms with Gasteiger partial charge in [-0.25, -0.2) is 4.98 Å². The second-order valence-corrected chi connectivity index (χ2v) is 5.73. The van der Waals surface area contributed by atoms with E-state index in [1.54, 1.807) is 4.57 Å². The lowest BCUT2D eigenvalue weighted by molar-refractivity contribution is 0.648. The first-order valence-electron chi connectivity index (χ1n) is 5.80. The third-order valence-electron chi connectivity index (χ3n) is 2.73. The molecule has 2 aromatic rings. The Morgan fingerprint density at radius 2 is 2.00 bits per heavy atom. The molecule has 4 nitrogen and oxygen atoms in total. The largest absolute Gasteiger partial charge is 0.382 e. The van der Waals surface area contributed by atoms with Crippen LogP contribution in [0.1, 0.15) is 5.82 Å². The van der Waals surface area contributed by atoms with E-state index in [1.807, 2.05) is 31.2 Å². The standard InChI is InChI=1S/C13H13Br2N3O/c1-9-17-8-11(15)13(19)18(9)7-6-16-12-5-3-2-4-10(12)14/h2-5,8,16H,6-7H2,1H3. The van der Waals surface area contributed by atoms with Crippen molar-refractivity contribution in [3.05, 3.63) is 55.6 Å². The van der Waals surface area contributed by atoms with Gasteiger partial charge in [0, 0.05) is 29.4 Å². The molecule has 1 heterocycles. The number of benzene rings is 1. The fraction of sp³-hybridized carbons (Fsp3) is 0.231. The minimum Gasteiger partial charge on any atom is -0.382 e. The number of rotatable bonds is 4. The van der Waals surface area contributed by atoms with Crippen LogP contribution in [0.15, 0.2) is 44.2 Å². The average molecular weight is 387 g/mol. The summed E-state index contributed by atoms with van der Waals surface area (Å²) in [6.07, 6.45) is 1.54. The van der Waals surface area contributed by atoms with Crippen LogP contribution < -0.4 is 10.9 Å². The zero-order valence-corrected chi connectivity index (χ0v) is 13.5. The maximum atomic E-state index is 11.9. The highest BCUT2D eigenvalue weighted by molar-refractivity contribution is 9.10. The van der Waals surface area contributed by atoms with Gasteiger partial charge in [-0.15, -0.1) is 0 Å². The molecule has 2 rings (SSSR count). The van der Waals surface area contributed by atoms with Crippen LogP contribution in [0.3, 0.4) is 0 Å². The van der Waals surface area contributed by atoms with E-state index in [1.165, 1.54) is 6.20 Å². The molecule has 0 unspecified atom stereocenters. The SMILES string of the molecule is Cc1ncc(Br)c(=O)n1CCNc1ccccc1Br. The highest BCUT2D eigenvalue weighted by atomic mass is 79.9. The highest BCUT2D eigenvalue weighted by Crippen LogP contribution is 2.20. The fourth-order valence-corrected chi connectivity index (χ4v) is 2.46. The van der Waals surface area contributed by atoms with E-state index in [0.717, 1.165) is 10.2 Å². The molecule has 0 fully saturated rings. The molecule has 0 spiro atoms. The maximum Gasteiger partial charge on any atom is 0.267 e. The zero-order valence-electron chi connectivity index (χ0n) is 10.4. The van der Waals surface area contributed by atoms with Gasteiger partial charge >= 0.3 is 0 Å². The minimum atomic E-state index is -0.0542. The van der Waals surface area contributed by atoms with E-state index < -0.39 is 0 Å². The Balaban J connectivity index is 2.07. The fourth-order valence-electron chi connectivity index (χ4n) is 1.72. The molecular weight excluding hydrogens is 374 g/mol. The molecule has 100 valence electrons. The van der Waals surface area contributed by atoms with Gasteiger partial charge in [0.2, 0.25) is 0 Å². The summed E-state index contributed by atoms with van der Waals surface area (Å²) in [5.41, 5.74) is 0.956. The van der Waals surface area contributed by atoms with Crippen molar-refractivity contribution in [2.75, 3.05) is 11.9 Å². The molecule has 1 aromatic carbocycles. The lowest BCUT2D eigenvalue weighted by atomic mass is 10.3. The van der Waals surface area contributed by atoms with Gasteiger partial charge in [0.15, 0.2) is 0 Å². The summed E-state index contributed by atoms with van der Waals surface area (Å²) in [5.74, 6) is 0.710. The quantitative estimate of drug-likeness (QED) is 0.877. The van der Waals surface area contributed by atoms with Gasteiger partial charge in [0.05, 0.1) is 0 Å². The van der Waals surface area contributed by atoms with Crippen LogP contribution in [-0.4, -0.2) is 16.1 Å². The van der Waals surface area contributed by atoms with Gasteiger partial charge in [0.25, 0.3) is 5.56 Å². The highest BCUT2D eigenvalue weighted by Gasteiger charge is 2.05. The first-order valence-corrected chi connectivity index (χ1v) is 7.38. The Hall–Kier alpha value is -1.14. The van der Waals surface area contributed by atoms with Crippen molar-refractivity contribution < 1.29 is 0 Å². The Morgan fingerprint density at radius 1 is 1.26 bits per heavy atom. The zero-order chi connectivity index (χ0) is 13.8. The molecule has 1 aromatic heterocycles. The molecule has 6 heteroatoms. The van der Waals surface area contributed by atoms with Crippen LogP contribution in [0.4, 0.5) is 5.69 Å². The van der Waals surface area contributed by atoms with E-state index in [9.17, 15) is 4.79 Å². The monoisotopic (exact) mass is 385 g/mol. The molecule has 0 saturated carbocycles. The summed E-state index contributed by atoms with van der Waals surface area (Å²) < 4.78 is 3.14. The molecule has 0 saturated heterocycles. The van der Waals surface area contributed by atoms with Gasteiger partial charge in [0.1, 0.15) is 10.3 Å². The van der Waals surface area contributed by atoms with Crippen molar-refractivity contribution >= 4 is 37.5 Å². The number of halogens is 2. The second-order valence-electron chi connectivity index (χ2n) is 4.02. The molecule has 1 N–H and O–H groups in total. The van der Waals surface area contributed by atoms with E-state index >= 15 is 0 Å². The molecule has 0 aliphatic rings. The van der Waals surface area contributed by atoms with E-state index in [0.29, 0.717) is 23.4 Å². The van der Waals surface area contributed by atoms with Crippen molar-refractivity contribution in [1.29, 1.82) is 0 Å². The number of hydrogen-bond donors (Lipinski definition) is 1. The van der Waals surface area contributed by atoms with Crippen LogP contribution in [0, 0.1) is 6.92 Å². The normalized spacial score (nSPS) is 10.5. The maximum absolute atomic E-state index is 11.9. The smallest absolute Gasteiger partial charge is 0.267 e. The summed E-state index contributed by atoms with van der Waals surface area (Å²) >= 11 is 6.68. The van der Waals surface area contributed by atoms with Crippen molar-refractivity contribution in [2.24, 2.45) is 0 Å². The lowest BCUT2D eigenvalue weighted by Crippen LogP contribution is -2.27. The number of aromatic nitrogens is 2. The number of anilines is 1. The number of nitrogens with zero attached hydrogens (tertiary/aromatic N) is 2. The van der Waals surface area contributed by atoms with Gasteiger partial charge in [-0.1, -0.05) is 12.1 Å². The molecule has 19 heavy (non-hydrogen) atoms. The summed E-state index contributed by atoms with van der Waals surface area (Å²) in [6, 6.07) is 7.88. The Bertz CT molecular complexity index is 640. The van der Waals surface area contributed by atoms with Gasteiger partial charge < -0.3 is 5.32 Å². The van der Waals surface area contributed by atoms with Gasteiger partial charge in [-0.3, -0.25) is 9.36 Å². The summed E-state index contributed by atoms with van der Waals surface area (Å²) in [7, 11) is 0. The Kier molecular flexibility index (Phi) is 4.76. The third-order valence-corrected chi connectivity index (χ3v) is 3.96. The lowest BCUT2D eigenvalue weighted by Gasteiger charge is -2.11. The van der Waals surface area contributed by atoms with Crippen LogP contribution in [-0.2, 0) is 6.54 Å². The summed E-state index contributed by atoms with van der Waals surface area (Å²) in [6.45, 7) is 3.05.